The first-order valence-electron chi connectivity index (χ1n) is 4.41. The Morgan fingerprint density at radius 2 is 1.79 bits per heavy atom. The van der Waals surface area contributed by atoms with Crippen LogP contribution in [0, 0.1) is 0 Å². The number of hydrogen-bond acceptors (Lipinski definition) is 4. The maximum Gasteiger partial charge on any atom is 0.201 e. The van der Waals surface area contributed by atoms with Gasteiger partial charge in [0.1, 0.15) is 0 Å². The van der Waals surface area contributed by atoms with Crippen LogP contribution in [-0.4, -0.2) is 21.1 Å². The molecule has 0 amide bonds. The van der Waals surface area contributed by atoms with Gasteiger partial charge in [0.15, 0.2) is 17.3 Å². The molecule has 4 heteroatoms. The molecule has 0 saturated heterocycles. The first-order chi connectivity index (χ1) is 6.61. The number of phenolic OH excluding ortho intramolecular Hbond substituents is 3. The van der Waals surface area contributed by atoms with E-state index in [9.17, 15) is 20.1 Å². The van der Waals surface area contributed by atoms with Crippen LogP contribution in [0.2, 0.25) is 0 Å². The third kappa shape index (κ3) is 1.11. The molecular formula is C10H10O4. The van der Waals surface area contributed by atoms with Crippen molar-refractivity contribution in [2.24, 2.45) is 0 Å². The van der Waals surface area contributed by atoms with Crippen molar-refractivity contribution in [2.75, 3.05) is 0 Å². The van der Waals surface area contributed by atoms with E-state index in [0.717, 1.165) is 6.42 Å². The largest absolute Gasteiger partial charge is 0.504 e. The molecule has 1 aliphatic carbocycles. The van der Waals surface area contributed by atoms with E-state index in [2.05, 4.69) is 0 Å². The molecule has 0 saturated carbocycles. The molecule has 4 nitrogen and oxygen atoms in total. The molecule has 0 heterocycles. The highest BCUT2D eigenvalue weighted by atomic mass is 16.3. The molecule has 14 heavy (non-hydrogen) atoms. The van der Waals surface area contributed by atoms with E-state index in [1.165, 1.54) is 6.07 Å². The smallest absolute Gasteiger partial charge is 0.201 e. The summed E-state index contributed by atoms with van der Waals surface area (Å²) in [5, 5.41) is 27.9. The molecular weight excluding hydrogens is 184 g/mol. The Labute approximate surface area is 80.4 Å². The number of fused-ring (bicyclic) bond motifs is 1. The number of aromatic hydroxyl groups is 3. The van der Waals surface area contributed by atoms with Crippen molar-refractivity contribution in [3.63, 3.8) is 0 Å². The Bertz CT molecular complexity index is 409. The molecule has 0 spiro atoms. The summed E-state index contributed by atoms with van der Waals surface area (Å²) in [4.78, 5) is 11.4. The number of carbonyl (C=O) groups is 1. The number of aryl methyl sites for hydroxylation is 1. The SMILES string of the molecule is O=C1CCCc2cc(O)c(O)c(O)c21. The first-order valence-corrected chi connectivity index (χ1v) is 4.41. The lowest BCUT2D eigenvalue weighted by molar-refractivity contribution is 0.0968. The van der Waals surface area contributed by atoms with Crippen molar-refractivity contribution in [1.82, 2.24) is 0 Å². The number of carbonyl (C=O) groups excluding carboxylic acids is 1. The molecule has 0 atom stereocenters. The highest BCUT2D eigenvalue weighted by Gasteiger charge is 2.25. The third-order valence-electron chi connectivity index (χ3n) is 2.46. The van der Waals surface area contributed by atoms with Crippen LogP contribution in [0.3, 0.4) is 0 Å². The van der Waals surface area contributed by atoms with E-state index in [1.807, 2.05) is 0 Å². The van der Waals surface area contributed by atoms with Gasteiger partial charge in [0.25, 0.3) is 0 Å². The summed E-state index contributed by atoms with van der Waals surface area (Å²) in [6, 6.07) is 1.33. The van der Waals surface area contributed by atoms with Gasteiger partial charge in [-0.15, -0.1) is 0 Å². The van der Waals surface area contributed by atoms with Crippen molar-refractivity contribution in [2.45, 2.75) is 19.3 Å². The molecule has 2 rings (SSSR count). The number of Topliss-reactive ketones (excluding diaryl/α,β-unsaturated/α-hetero) is 1. The molecule has 0 radical (unpaired) electrons. The number of phenols is 3. The molecule has 1 aliphatic rings. The lowest BCUT2D eigenvalue weighted by atomic mass is 9.89. The topological polar surface area (TPSA) is 77.8 Å². The molecule has 74 valence electrons. The molecule has 0 aliphatic heterocycles. The number of ketones is 1. The van der Waals surface area contributed by atoms with Crippen LogP contribution in [0.25, 0.3) is 0 Å². The maximum absolute atomic E-state index is 11.4. The predicted molar refractivity (Wildman–Crippen MR) is 48.7 cm³/mol. The Hall–Kier alpha value is -1.71. The third-order valence-corrected chi connectivity index (χ3v) is 2.46. The van der Waals surface area contributed by atoms with Gasteiger partial charge in [-0.2, -0.15) is 0 Å². The summed E-state index contributed by atoms with van der Waals surface area (Å²) < 4.78 is 0. The second-order valence-corrected chi connectivity index (χ2v) is 3.40. The molecule has 1 aromatic carbocycles. The van der Waals surface area contributed by atoms with E-state index in [-0.39, 0.29) is 17.1 Å². The Kier molecular flexibility index (Phi) is 1.84. The van der Waals surface area contributed by atoms with Crippen LogP contribution >= 0.6 is 0 Å². The van der Waals surface area contributed by atoms with Crippen molar-refractivity contribution in [3.8, 4) is 17.2 Å². The van der Waals surface area contributed by atoms with Gasteiger partial charge in [-0.1, -0.05) is 0 Å². The quantitative estimate of drug-likeness (QED) is 0.544. The Morgan fingerprint density at radius 3 is 2.50 bits per heavy atom. The van der Waals surface area contributed by atoms with Crippen LogP contribution in [0.15, 0.2) is 6.07 Å². The fourth-order valence-corrected chi connectivity index (χ4v) is 1.77. The van der Waals surface area contributed by atoms with E-state index >= 15 is 0 Å². The minimum absolute atomic E-state index is 0.159. The van der Waals surface area contributed by atoms with Crippen molar-refractivity contribution in [1.29, 1.82) is 0 Å². The zero-order valence-electron chi connectivity index (χ0n) is 7.45. The molecule has 1 aromatic rings. The van der Waals surface area contributed by atoms with Crippen LogP contribution in [-0.2, 0) is 6.42 Å². The summed E-state index contributed by atoms with van der Waals surface area (Å²) >= 11 is 0. The highest BCUT2D eigenvalue weighted by Crippen LogP contribution is 2.42. The fourth-order valence-electron chi connectivity index (χ4n) is 1.77. The molecule has 0 fully saturated rings. The average molecular weight is 194 g/mol. The fraction of sp³-hybridized carbons (Fsp3) is 0.300. The molecule has 3 N–H and O–H groups in total. The van der Waals surface area contributed by atoms with E-state index in [4.69, 9.17) is 0 Å². The molecule has 0 aromatic heterocycles. The Balaban J connectivity index is 2.70. The van der Waals surface area contributed by atoms with Crippen LogP contribution < -0.4 is 0 Å². The van der Waals surface area contributed by atoms with Gasteiger partial charge in [0, 0.05) is 6.42 Å². The van der Waals surface area contributed by atoms with Gasteiger partial charge in [0.2, 0.25) is 5.75 Å². The van der Waals surface area contributed by atoms with Gasteiger partial charge < -0.3 is 15.3 Å². The number of hydrogen-bond donors (Lipinski definition) is 3. The minimum Gasteiger partial charge on any atom is -0.504 e. The maximum atomic E-state index is 11.4. The number of benzene rings is 1. The highest BCUT2D eigenvalue weighted by molar-refractivity contribution is 6.02. The predicted octanol–water partition coefficient (Wildman–Crippen LogP) is 1.32. The van der Waals surface area contributed by atoms with E-state index < -0.39 is 11.5 Å². The number of rotatable bonds is 0. The average Bonchev–Trinajstić information content (AvgIpc) is 2.14. The van der Waals surface area contributed by atoms with Crippen LogP contribution in [0.4, 0.5) is 0 Å². The molecule has 0 unspecified atom stereocenters. The second kappa shape index (κ2) is 2.90. The van der Waals surface area contributed by atoms with E-state index in [0.29, 0.717) is 18.4 Å². The van der Waals surface area contributed by atoms with Gasteiger partial charge in [-0.25, -0.2) is 0 Å². The summed E-state index contributed by atoms with van der Waals surface area (Å²) in [7, 11) is 0. The zero-order chi connectivity index (χ0) is 10.3. The zero-order valence-corrected chi connectivity index (χ0v) is 7.45. The standard InChI is InChI=1S/C10H10O4/c11-6-3-1-2-5-4-7(12)9(13)10(14)8(5)6/h4,12-14H,1-3H2. The Morgan fingerprint density at radius 1 is 1.07 bits per heavy atom. The van der Waals surface area contributed by atoms with Crippen LogP contribution in [0.5, 0.6) is 17.2 Å². The first kappa shape index (κ1) is 8.87. The van der Waals surface area contributed by atoms with Crippen molar-refractivity contribution >= 4 is 5.78 Å². The van der Waals surface area contributed by atoms with Gasteiger partial charge in [0.05, 0.1) is 5.56 Å². The minimum atomic E-state index is -0.612. The summed E-state index contributed by atoms with van der Waals surface area (Å²) in [5.41, 5.74) is 0.764. The monoisotopic (exact) mass is 194 g/mol. The summed E-state index contributed by atoms with van der Waals surface area (Å²) in [5.74, 6) is -1.67. The lowest BCUT2D eigenvalue weighted by Crippen LogP contribution is -2.10. The summed E-state index contributed by atoms with van der Waals surface area (Å²) in [6.45, 7) is 0. The summed E-state index contributed by atoms with van der Waals surface area (Å²) in [6.07, 6.45) is 1.74. The lowest BCUT2D eigenvalue weighted by Gasteiger charge is -2.16. The van der Waals surface area contributed by atoms with Crippen molar-refractivity contribution < 1.29 is 20.1 Å². The van der Waals surface area contributed by atoms with Gasteiger partial charge in [-0.3, -0.25) is 4.79 Å². The van der Waals surface area contributed by atoms with Crippen LogP contribution in [0.1, 0.15) is 28.8 Å². The second-order valence-electron chi connectivity index (χ2n) is 3.40. The van der Waals surface area contributed by atoms with E-state index in [1.54, 1.807) is 0 Å². The van der Waals surface area contributed by atoms with Gasteiger partial charge >= 0.3 is 0 Å². The molecule has 0 bridgehead atoms. The normalized spacial score (nSPS) is 15.3. The van der Waals surface area contributed by atoms with Gasteiger partial charge in [-0.05, 0) is 24.5 Å². The van der Waals surface area contributed by atoms with Crippen molar-refractivity contribution in [3.05, 3.63) is 17.2 Å².